The van der Waals surface area contributed by atoms with E-state index in [1.54, 1.807) is 38.1 Å². The number of para-hydroxylation sites is 1. The molecule has 2 N–H and O–H groups in total. The molecular weight excluding hydrogens is 256 g/mol. The van der Waals surface area contributed by atoms with Gasteiger partial charge in [-0.1, -0.05) is 12.1 Å². The Bertz CT molecular complexity index is 771. The first-order valence-corrected chi connectivity index (χ1v) is 5.91. The van der Waals surface area contributed by atoms with Crippen LogP contribution in [0.4, 0.5) is 5.69 Å². The number of aromatic nitrogens is 2. The first-order chi connectivity index (χ1) is 9.52. The molecule has 0 aliphatic rings. The van der Waals surface area contributed by atoms with E-state index in [-0.39, 0.29) is 5.56 Å². The molecule has 0 saturated carbocycles. The molecule has 0 atom stereocenters. The Hall–Kier alpha value is -2.94. The number of nitriles is 1. The first kappa shape index (κ1) is 13.5. The largest absolute Gasteiger partial charge is 0.321 e. The highest BCUT2D eigenvalue weighted by molar-refractivity contribution is 6.05. The lowest BCUT2D eigenvalue weighted by Gasteiger charge is -2.08. The van der Waals surface area contributed by atoms with E-state index in [4.69, 9.17) is 5.26 Å². The molecule has 0 fully saturated rings. The quantitative estimate of drug-likeness (QED) is 0.862. The number of hydrogen-bond donors (Lipinski definition) is 2. The molecule has 0 bridgehead atoms. The highest BCUT2D eigenvalue weighted by atomic mass is 16.2. The molecule has 0 aliphatic heterocycles. The third kappa shape index (κ3) is 2.57. The maximum absolute atomic E-state index is 12.2. The van der Waals surface area contributed by atoms with Crippen molar-refractivity contribution in [3.8, 4) is 6.07 Å². The molecule has 1 heterocycles. The third-order valence-electron chi connectivity index (χ3n) is 2.74. The molecule has 1 amide bonds. The van der Waals surface area contributed by atoms with Gasteiger partial charge in [-0.3, -0.25) is 9.59 Å². The molecule has 1 aromatic heterocycles. The predicted molar refractivity (Wildman–Crippen MR) is 73.4 cm³/mol. The fourth-order valence-corrected chi connectivity index (χ4v) is 1.87. The van der Waals surface area contributed by atoms with Gasteiger partial charge in [0.25, 0.3) is 11.5 Å². The Kier molecular flexibility index (Phi) is 3.62. The molecule has 20 heavy (non-hydrogen) atoms. The van der Waals surface area contributed by atoms with Crippen LogP contribution < -0.4 is 10.9 Å². The molecule has 2 aromatic rings. The first-order valence-electron chi connectivity index (χ1n) is 5.91. The summed E-state index contributed by atoms with van der Waals surface area (Å²) >= 11 is 0. The lowest BCUT2D eigenvalue weighted by Crippen LogP contribution is -2.26. The van der Waals surface area contributed by atoms with Gasteiger partial charge in [0.1, 0.15) is 17.5 Å². The summed E-state index contributed by atoms with van der Waals surface area (Å²) in [5.74, 6) is -0.138. The normalized spacial score (nSPS) is 9.85. The van der Waals surface area contributed by atoms with E-state index in [1.165, 1.54) is 0 Å². The number of nitrogens with one attached hydrogen (secondary N) is 2. The van der Waals surface area contributed by atoms with Crippen LogP contribution in [0.15, 0.2) is 29.1 Å². The van der Waals surface area contributed by atoms with Gasteiger partial charge in [-0.15, -0.1) is 0 Å². The zero-order chi connectivity index (χ0) is 14.7. The lowest BCUT2D eigenvalue weighted by atomic mass is 10.1. The summed E-state index contributed by atoms with van der Waals surface area (Å²) in [4.78, 5) is 30.5. The van der Waals surface area contributed by atoms with Crippen LogP contribution in [0, 0.1) is 25.2 Å². The van der Waals surface area contributed by atoms with E-state index in [0.717, 1.165) is 0 Å². The number of nitrogens with zero attached hydrogens (tertiary/aromatic N) is 2. The van der Waals surface area contributed by atoms with Gasteiger partial charge < -0.3 is 10.3 Å². The monoisotopic (exact) mass is 268 g/mol. The average molecular weight is 268 g/mol. The summed E-state index contributed by atoms with van der Waals surface area (Å²) in [6.45, 7) is 3.23. The van der Waals surface area contributed by atoms with Crippen molar-refractivity contribution in [1.29, 1.82) is 5.26 Å². The number of aryl methyl sites for hydroxylation is 2. The lowest BCUT2D eigenvalue weighted by molar-refractivity contribution is 0.102. The van der Waals surface area contributed by atoms with Gasteiger partial charge in [0, 0.05) is 0 Å². The van der Waals surface area contributed by atoms with Crippen LogP contribution in [-0.4, -0.2) is 15.9 Å². The molecule has 2 rings (SSSR count). The number of hydrogen-bond acceptors (Lipinski definition) is 4. The molecular formula is C14H12N4O2. The second-order valence-electron chi connectivity index (χ2n) is 4.22. The summed E-state index contributed by atoms with van der Waals surface area (Å²) in [5, 5.41) is 11.5. The van der Waals surface area contributed by atoms with Crippen LogP contribution in [0.1, 0.15) is 27.4 Å². The number of anilines is 1. The van der Waals surface area contributed by atoms with Crippen LogP contribution in [0.25, 0.3) is 0 Å². The van der Waals surface area contributed by atoms with Gasteiger partial charge in [0.15, 0.2) is 0 Å². The van der Waals surface area contributed by atoms with E-state index >= 15 is 0 Å². The highest BCUT2D eigenvalue weighted by Crippen LogP contribution is 2.14. The number of aromatic amines is 1. The smallest absolute Gasteiger partial charge is 0.264 e. The Balaban J connectivity index is 2.39. The summed E-state index contributed by atoms with van der Waals surface area (Å²) in [7, 11) is 0. The van der Waals surface area contributed by atoms with Crippen molar-refractivity contribution in [2.75, 3.05) is 5.32 Å². The Morgan fingerprint density at radius 3 is 2.70 bits per heavy atom. The van der Waals surface area contributed by atoms with Gasteiger partial charge in [-0.2, -0.15) is 5.26 Å². The van der Waals surface area contributed by atoms with Crippen LogP contribution in [0.2, 0.25) is 0 Å². The molecule has 0 saturated heterocycles. The maximum atomic E-state index is 12.2. The van der Waals surface area contributed by atoms with E-state index in [9.17, 15) is 9.59 Å². The summed E-state index contributed by atoms with van der Waals surface area (Å²) in [6, 6.07) is 8.55. The maximum Gasteiger partial charge on any atom is 0.264 e. The van der Waals surface area contributed by atoms with E-state index < -0.39 is 11.5 Å². The number of carbonyl (C=O) groups is 1. The molecule has 0 radical (unpaired) electrons. The molecule has 6 nitrogen and oxygen atoms in total. The van der Waals surface area contributed by atoms with Gasteiger partial charge in [-0.05, 0) is 26.0 Å². The Labute approximate surface area is 115 Å². The Morgan fingerprint density at radius 1 is 1.35 bits per heavy atom. The van der Waals surface area contributed by atoms with Crippen molar-refractivity contribution in [3.05, 3.63) is 57.3 Å². The van der Waals surface area contributed by atoms with Gasteiger partial charge in [-0.25, -0.2) is 4.98 Å². The minimum atomic E-state index is -0.584. The minimum absolute atomic E-state index is 0.0525. The number of H-pyrrole nitrogens is 1. The molecule has 0 unspecified atom stereocenters. The zero-order valence-electron chi connectivity index (χ0n) is 11.0. The summed E-state index contributed by atoms with van der Waals surface area (Å²) in [5.41, 5.74) is 0.484. The van der Waals surface area contributed by atoms with E-state index in [2.05, 4.69) is 15.3 Å². The average Bonchev–Trinajstić information content (AvgIpc) is 2.38. The zero-order valence-corrected chi connectivity index (χ0v) is 11.0. The molecule has 100 valence electrons. The van der Waals surface area contributed by atoms with Crippen LogP contribution in [0.5, 0.6) is 0 Å². The van der Waals surface area contributed by atoms with Gasteiger partial charge in [0.05, 0.1) is 16.9 Å². The van der Waals surface area contributed by atoms with Crippen molar-refractivity contribution in [2.24, 2.45) is 0 Å². The summed E-state index contributed by atoms with van der Waals surface area (Å²) in [6.07, 6.45) is 0. The van der Waals surface area contributed by atoms with Crippen molar-refractivity contribution in [3.63, 3.8) is 0 Å². The fourth-order valence-electron chi connectivity index (χ4n) is 1.87. The third-order valence-corrected chi connectivity index (χ3v) is 2.74. The van der Waals surface area contributed by atoms with Crippen LogP contribution in [0.3, 0.4) is 0 Å². The molecule has 6 heteroatoms. The van der Waals surface area contributed by atoms with Crippen molar-refractivity contribution in [2.45, 2.75) is 13.8 Å². The second kappa shape index (κ2) is 5.36. The molecule has 0 aliphatic carbocycles. The van der Waals surface area contributed by atoms with Crippen molar-refractivity contribution in [1.82, 2.24) is 9.97 Å². The van der Waals surface area contributed by atoms with Crippen LogP contribution >= 0.6 is 0 Å². The fraction of sp³-hybridized carbons (Fsp3) is 0.143. The van der Waals surface area contributed by atoms with Crippen molar-refractivity contribution >= 4 is 11.6 Å². The highest BCUT2D eigenvalue weighted by Gasteiger charge is 2.16. The van der Waals surface area contributed by atoms with Gasteiger partial charge >= 0.3 is 0 Å². The molecule has 0 spiro atoms. The number of carbonyl (C=O) groups excluding carboxylic acids is 1. The SMILES string of the molecule is Cc1nc(C)c(C(=O)Nc2ccccc2C#N)c(=O)[nH]1. The van der Waals surface area contributed by atoms with Gasteiger partial charge in [0.2, 0.25) is 0 Å². The van der Waals surface area contributed by atoms with E-state index in [0.29, 0.717) is 22.8 Å². The predicted octanol–water partition coefficient (Wildman–Crippen LogP) is 1.51. The standard InChI is InChI=1S/C14H12N4O2/c1-8-12(13(19)17-9(2)16-8)14(20)18-11-6-4-3-5-10(11)7-15/h3-6H,1-2H3,(H,18,20)(H,16,17,19). The van der Waals surface area contributed by atoms with Crippen molar-refractivity contribution < 1.29 is 4.79 Å². The molecule has 1 aromatic carbocycles. The summed E-state index contributed by atoms with van der Waals surface area (Å²) < 4.78 is 0. The van der Waals surface area contributed by atoms with Crippen LogP contribution in [-0.2, 0) is 0 Å². The van der Waals surface area contributed by atoms with E-state index in [1.807, 2.05) is 6.07 Å². The topological polar surface area (TPSA) is 98.6 Å². The second-order valence-corrected chi connectivity index (χ2v) is 4.22. The Morgan fingerprint density at radius 2 is 2.05 bits per heavy atom. The number of rotatable bonds is 2. The minimum Gasteiger partial charge on any atom is -0.321 e. The number of amides is 1. The number of benzene rings is 1.